The molecule has 3 aromatic carbocycles. The molecule has 0 spiro atoms. The smallest absolute Gasteiger partial charge is 0.254 e. The minimum atomic E-state index is -0.0566. The van der Waals surface area contributed by atoms with E-state index in [2.05, 4.69) is 0 Å². The number of carbonyl (C=O) groups excluding carboxylic acids is 1. The van der Waals surface area contributed by atoms with Crippen LogP contribution in [-0.4, -0.2) is 17.9 Å². The topological polar surface area (TPSA) is 29.5 Å². The van der Waals surface area contributed by atoms with Gasteiger partial charge in [0.15, 0.2) is 0 Å². The quantitative estimate of drug-likeness (QED) is 0.520. The lowest BCUT2D eigenvalue weighted by molar-refractivity contribution is 0.0784. The Morgan fingerprint density at radius 1 is 0.889 bits per heavy atom. The monoisotopic (exact) mass is 399 g/mol. The molecule has 138 valence electrons. The normalized spacial score (nSPS) is 10.5. The SMILES string of the molecule is CN(Cc1ccccc1)C(=O)c1cccc(OCc2ccc(Cl)c(Cl)c2)c1. The van der Waals surface area contributed by atoms with Crippen molar-refractivity contribution in [2.24, 2.45) is 0 Å². The second-order valence-corrected chi connectivity index (χ2v) is 7.03. The van der Waals surface area contributed by atoms with E-state index < -0.39 is 0 Å². The molecule has 27 heavy (non-hydrogen) atoms. The second-order valence-electron chi connectivity index (χ2n) is 6.21. The number of hydrogen-bond donors (Lipinski definition) is 0. The molecule has 0 radical (unpaired) electrons. The standard InChI is InChI=1S/C22H19Cl2NO2/c1-25(14-16-6-3-2-4-7-16)22(26)18-8-5-9-19(13-18)27-15-17-10-11-20(23)21(24)12-17/h2-13H,14-15H2,1H3. The molecule has 0 aliphatic rings. The Morgan fingerprint density at radius 3 is 2.41 bits per heavy atom. The summed E-state index contributed by atoms with van der Waals surface area (Å²) >= 11 is 12.0. The number of benzene rings is 3. The average molecular weight is 400 g/mol. The summed E-state index contributed by atoms with van der Waals surface area (Å²) in [5, 5.41) is 0.999. The van der Waals surface area contributed by atoms with Crippen molar-refractivity contribution in [3.05, 3.63) is 99.5 Å². The fourth-order valence-electron chi connectivity index (χ4n) is 2.66. The molecule has 3 aromatic rings. The highest BCUT2D eigenvalue weighted by Crippen LogP contribution is 2.24. The maximum Gasteiger partial charge on any atom is 0.254 e. The number of nitrogens with zero attached hydrogens (tertiary/aromatic N) is 1. The van der Waals surface area contributed by atoms with Gasteiger partial charge in [0, 0.05) is 19.2 Å². The van der Waals surface area contributed by atoms with Gasteiger partial charge in [-0.05, 0) is 41.5 Å². The van der Waals surface area contributed by atoms with E-state index in [1.807, 2.05) is 48.5 Å². The van der Waals surface area contributed by atoms with Crippen LogP contribution in [0.15, 0.2) is 72.8 Å². The molecule has 3 rings (SSSR count). The third-order valence-corrected chi connectivity index (χ3v) is 4.82. The van der Waals surface area contributed by atoms with Gasteiger partial charge in [-0.3, -0.25) is 4.79 Å². The van der Waals surface area contributed by atoms with Crippen LogP contribution in [0.3, 0.4) is 0 Å². The lowest BCUT2D eigenvalue weighted by Crippen LogP contribution is -2.26. The van der Waals surface area contributed by atoms with Crippen LogP contribution in [0.25, 0.3) is 0 Å². The van der Waals surface area contributed by atoms with Crippen LogP contribution in [0.5, 0.6) is 5.75 Å². The van der Waals surface area contributed by atoms with Crippen LogP contribution < -0.4 is 4.74 Å². The molecule has 0 aromatic heterocycles. The molecule has 0 heterocycles. The largest absolute Gasteiger partial charge is 0.489 e. The Labute approximate surface area is 169 Å². The number of carbonyl (C=O) groups is 1. The number of rotatable bonds is 6. The summed E-state index contributed by atoms with van der Waals surface area (Å²) < 4.78 is 5.80. The lowest BCUT2D eigenvalue weighted by atomic mass is 10.1. The van der Waals surface area contributed by atoms with Crippen molar-refractivity contribution in [1.82, 2.24) is 4.90 Å². The highest BCUT2D eigenvalue weighted by Gasteiger charge is 2.13. The van der Waals surface area contributed by atoms with Crippen LogP contribution in [0, 0.1) is 0 Å². The maximum absolute atomic E-state index is 12.7. The number of halogens is 2. The summed E-state index contributed by atoms with van der Waals surface area (Å²) in [6.07, 6.45) is 0. The molecule has 3 nitrogen and oxygen atoms in total. The van der Waals surface area contributed by atoms with Crippen molar-refractivity contribution in [1.29, 1.82) is 0 Å². The first-order valence-electron chi connectivity index (χ1n) is 8.49. The fourth-order valence-corrected chi connectivity index (χ4v) is 2.99. The minimum absolute atomic E-state index is 0.0566. The van der Waals surface area contributed by atoms with E-state index in [1.54, 1.807) is 36.2 Å². The van der Waals surface area contributed by atoms with Crippen LogP contribution in [0.4, 0.5) is 0 Å². The molecule has 1 amide bonds. The fraction of sp³-hybridized carbons (Fsp3) is 0.136. The van der Waals surface area contributed by atoms with Crippen molar-refractivity contribution in [2.75, 3.05) is 7.05 Å². The summed E-state index contributed by atoms with van der Waals surface area (Å²) in [6.45, 7) is 0.891. The number of hydrogen-bond acceptors (Lipinski definition) is 2. The first-order valence-corrected chi connectivity index (χ1v) is 9.25. The molecule has 0 bridgehead atoms. The van der Waals surface area contributed by atoms with Crippen molar-refractivity contribution >= 4 is 29.1 Å². The Morgan fingerprint density at radius 2 is 1.67 bits per heavy atom. The molecular weight excluding hydrogens is 381 g/mol. The van der Waals surface area contributed by atoms with Gasteiger partial charge in [-0.1, -0.05) is 65.7 Å². The van der Waals surface area contributed by atoms with E-state index in [1.165, 1.54) is 0 Å². The van der Waals surface area contributed by atoms with Crippen LogP contribution in [0.1, 0.15) is 21.5 Å². The molecule has 0 atom stereocenters. The van der Waals surface area contributed by atoms with E-state index in [0.29, 0.717) is 34.5 Å². The first-order chi connectivity index (χ1) is 13.0. The first kappa shape index (κ1) is 19.3. The van der Waals surface area contributed by atoms with Gasteiger partial charge in [0.2, 0.25) is 0 Å². The number of amides is 1. The Bertz CT molecular complexity index is 929. The van der Waals surface area contributed by atoms with Gasteiger partial charge in [0.25, 0.3) is 5.91 Å². The Balaban J connectivity index is 1.65. The molecule has 0 aliphatic carbocycles. The summed E-state index contributed by atoms with van der Waals surface area (Å²) in [7, 11) is 1.79. The van der Waals surface area contributed by atoms with Gasteiger partial charge in [-0.15, -0.1) is 0 Å². The van der Waals surface area contributed by atoms with Gasteiger partial charge in [-0.2, -0.15) is 0 Å². The minimum Gasteiger partial charge on any atom is -0.489 e. The predicted octanol–water partition coefficient (Wildman–Crippen LogP) is 5.84. The highest BCUT2D eigenvalue weighted by atomic mass is 35.5. The van der Waals surface area contributed by atoms with Crippen molar-refractivity contribution in [3.63, 3.8) is 0 Å². The van der Waals surface area contributed by atoms with Crippen molar-refractivity contribution in [2.45, 2.75) is 13.2 Å². The van der Waals surface area contributed by atoms with Gasteiger partial charge in [0.05, 0.1) is 10.0 Å². The van der Waals surface area contributed by atoms with E-state index in [9.17, 15) is 4.79 Å². The van der Waals surface area contributed by atoms with E-state index in [4.69, 9.17) is 27.9 Å². The van der Waals surface area contributed by atoms with Crippen molar-refractivity contribution in [3.8, 4) is 5.75 Å². The summed E-state index contributed by atoms with van der Waals surface area (Å²) in [5.41, 5.74) is 2.57. The molecule has 0 saturated heterocycles. The zero-order chi connectivity index (χ0) is 19.2. The van der Waals surface area contributed by atoms with Crippen LogP contribution >= 0.6 is 23.2 Å². The molecular formula is C22H19Cl2NO2. The molecule has 0 unspecified atom stereocenters. The zero-order valence-electron chi connectivity index (χ0n) is 14.9. The van der Waals surface area contributed by atoms with Crippen LogP contribution in [0.2, 0.25) is 10.0 Å². The number of ether oxygens (including phenoxy) is 1. The van der Waals surface area contributed by atoms with Gasteiger partial charge in [0.1, 0.15) is 12.4 Å². The van der Waals surface area contributed by atoms with E-state index in [0.717, 1.165) is 11.1 Å². The molecule has 0 N–H and O–H groups in total. The predicted molar refractivity (Wildman–Crippen MR) is 109 cm³/mol. The van der Waals surface area contributed by atoms with E-state index >= 15 is 0 Å². The molecule has 0 aliphatic heterocycles. The second kappa shape index (κ2) is 8.94. The Hall–Kier alpha value is -2.49. The third-order valence-electron chi connectivity index (χ3n) is 4.08. The summed E-state index contributed by atoms with van der Waals surface area (Å²) in [4.78, 5) is 14.4. The lowest BCUT2D eigenvalue weighted by Gasteiger charge is -2.18. The zero-order valence-corrected chi connectivity index (χ0v) is 16.4. The summed E-state index contributed by atoms with van der Waals surface area (Å²) in [6, 6.07) is 22.4. The van der Waals surface area contributed by atoms with Crippen molar-refractivity contribution < 1.29 is 9.53 Å². The highest BCUT2D eigenvalue weighted by molar-refractivity contribution is 6.42. The maximum atomic E-state index is 12.7. The van der Waals surface area contributed by atoms with Gasteiger partial charge < -0.3 is 9.64 Å². The van der Waals surface area contributed by atoms with Gasteiger partial charge >= 0.3 is 0 Å². The average Bonchev–Trinajstić information content (AvgIpc) is 2.69. The molecule has 0 fully saturated rings. The summed E-state index contributed by atoms with van der Waals surface area (Å²) in [5.74, 6) is 0.568. The van der Waals surface area contributed by atoms with Gasteiger partial charge in [-0.25, -0.2) is 0 Å². The molecule has 5 heteroatoms. The third kappa shape index (κ3) is 5.25. The Kier molecular flexibility index (Phi) is 6.38. The van der Waals surface area contributed by atoms with Crippen LogP contribution in [-0.2, 0) is 13.2 Å². The van der Waals surface area contributed by atoms with E-state index in [-0.39, 0.29) is 5.91 Å². The molecule has 0 saturated carbocycles.